The number of hydrogen-bond acceptors (Lipinski definition) is 5. The van der Waals surface area contributed by atoms with Crippen molar-refractivity contribution in [1.29, 1.82) is 0 Å². The predicted octanol–water partition coefficient (Wildman–Crippen LogP) is 22.9. The molecule has 0 aromatic rings. The molecule has 6 nitrogen and oxygen atoms in total. The van der Waals surface area contributed by atoms with Crippen LogP contribution in [0.5, 0.6) is 0 Å². The monoisotopic (exact) mass is 1100 g/mol. The van der Waals surface area contributed by atoms with Crippen LogP contribution in [-0.4, -0.2) is 47.4 Å². The van der Waals surface area contributed by atoms with Gasteiger partial charge in [0.15, 0.2) is 0 Å². The number of unbranched alkanes of at least 4 members (excludes halogenated alkanes) is 52. The van der Waals surface area contributed by atoms with Crippen molar-refractivity contribution in [2.45, 2.75) is 411 Å². The third kappa shape index (κ3) is 63.5. The number of allylic oxidation sites excluding steroid dienone is 4. The fourth-order valence-corrected chi connectivity index (χ4v) is 11.3. The molecular formula is C72H139NO5. The van der Waals surface area contributed by atoms with E-state index in [1.807, 2.05) is 0 Å². The number of aliphatic hydroxyl groups is 2. The average Bonchev–Trinajstić information content (AvgIpc) is 3.44. The molecule has 0 rings (SSSR count). The van der Waals surface area contributed by atoms with Crippen LogP contribution in [0.1, 0.15) is 399 Å². The Balaban J connectivity index is 3.32. The van der Waals surface area contributed by atoms with Crippen LogP contribution in [0.2, 0.25) is 0 Å². The zero-order chi connectivity index (χ0) is 56.4. The van der Waals surface area contributed by atoms with Gasteiger partial charge >= 0.3 is 5.97 Å². The highest BCUT2D eigenvalue weighted by Gasteiger charge is 2.20. The van der Waals surface area contributed by atoms with Crippen LogP contribution in [-0.2, 0) is 14.3 Å². The zero-order valence-corrected chi connectivity index (χ0v) is 52.9. The second-order valence-corrected chi connectivity index (χ2v) is 24.6. The van der Waals surface area contributed by atoms with Crippen molar-refractivity contribution >= 4 is 11.9 Å². The standard InChI is InChI=1S/C72H139NO5/c1-3-5-7-9-11-13-15-17-19-33-38-42-46-50-54-58-62-66-72(77)78-67-63-59-55-51-47-43-39-35-32-30-28-26-24-22-20-21-23-25-27-29-31-34-37-41-45-49-53-57-61-65-71(76)73-69(68-74)70(75)64-60-56-52-48-44-40-36-18-16-14-12-10-8-6-4-2/h11,13,17,19,69-70,74-75H,3-10,12,14-16,18,20-68H2,1-2H3,(H,73,76)/b13-11-,19-17-. The lowest BCUT2D eigenvalue weighted by molar-refractivity contribution is -0.143. The summed E-state index contributed by atoms with van der Waals surface area (Å²) in [5.41, 5.74) is 0. The number of carbonyl (C=O) groups excluding carboxylic acids is 2. The Bertz CT molecular complexity index is 1220. The molecule has 3 N–H and O–H groups in total. The molecule has 0 saturated heterocycles. The molecule has 0 heterocycles. The minimum absolute atomic E-state index is 0.0124. The van der Waals surface area contributed by atoms with Gasteiger partial charge in [-0.25, -0.2) is 0 Å². The maximum absolute atomic E-state index is 12.5. The van der Waals surface area contributed by atoms with Gasteiger partial charge in [-0.15, -0.1) is 0 Å². The molecule has 78 heavy (non-hydrogen) atoms. The second kappa shape index (κ2) is 67.8. The number of ether oxygens (including phenoxy) is 1. The van der Waals surface area contributed by atoms with Crippen molar-refractivity contribution in [1.82, 2.24) is 5.32 Å². The van der Waals surface area contributed by atoms with Crippen molar-refractivity contribution in [3.05, 3.63) is 24.3 Å². The summed E-state index contributed by atoms with van der Waals surface area (Å²) in [5.74, 6) is -0.0161. The molecule has 0 aromatic heterocycles. The van der Waals surface area contributed by atoms with Gasteiger partial charge in [-0.05, 0) is 57.8 Å². The molecule has 0 aromatic carbocycles. The first-order chi connectivity index (χ1) is 38.5. The second-order valence-electron chi connectivity index (χ2n) is 24.6. The fraction of sp³-hybridized carbons (Fsp3) is 0.917. The zero-order valence-electron chi connectivity index (χ0n) is 52.9. The molecule has 2 atom stereocenters. The Kier molecular flexibility index (Phi) is 66.4. The minimum Gasteiger partial charge on any atom is -0.466 e. The summed E-state index contributed by atoms with van der Waals surface area (Å²) in [6.45, 7) is 4.96. The van der Waals surface area contributed by atoms with Gasteiger partial charge in [-0.3, -0.25) is 9.59 Å². The van der Waals surface area contributed by atoms with Crippen molar-refractivity contribution in [2.75, 3.05) is 13.2 Å². The van der Waals surface area contributed by atoms with E-state index in [-0.39, 0.29) is 18.5 Å². The van der Waals surface area contributed by atoms with Crippen molar-refractivity contribution in [2.24, 2.45) is 0 Å². The maximum Gasteiger partial charge on any atom is 0.305 e. The number of amides is 1. The molecule has 2 unspecified atom stereocenters. The first-order valence-electron chi connectivity index (χ1n) is 35.6. The summed E-state index contributed by atoms with van der Waals surface area (Å²) in [4.78, 5) is 24.6. The maximum atomic E-state index is 12.5. The topological polar surface area (TPSA) is 95.9 Å². The van der Waals surface area contributed by atoms with Crippen molar-refractivity contribution < 1.29 is 24.5 Å². The predicted molar refractivity (Wildman–Crippen MR) is 343 cm³/mol. The van der Waals surface area contributed by atoms with Crippen LogP contribution in [0.15, 0.2) is 24.3 Å². The van der Waals surface area contributed by atoms with Gasteiger partial charge in [-0.2, -0.15) is 0 Å². The van der Waals surface area contributed by atoms with Crippen LogP contribution >= 0.6 is 0 Å². The lowest BCUT2D eigenvalue weighted by atomic mass is 10.0. The third-order valence-corrected chi connectivity index (χ3v) is 16.8. The Morgan fingerprint density at radius 1 is 0.359 bits per heavy atom. The van der Waals surface area contributed by atoms with Gasteiger partial charge in [0.25, 0.3) is 0 Å². The van der Waals surface area contributed by atoms with Gasteiger partial charge in [-0.1, -0.05) is 353 Å². The normalized spacial score (nSPS) is 12.6. The van der Waals surface area contributed by atoms with Crippen LogP contribution in [0.4, 0.5) is 0 Å². The number of nitrogens with one attached hydrogen (secondary N) is 1. The highest BCUT2D eigenvalue weighted by molar-refractivity contribution is 5.76. The average molecular weight is 1100 g/mol. The molecule has 0 fully saturated rings. The van der Waals surface area contributed by atoms with Gasteiger partial charge in [0.05, 0.1) is 25.4 Å². The molecule has 0 aliphatic carbocycles. The molecule has 1 amide bonds. The number of hydrogen-bond donors (Lipinski definition) is 3. The summed E-state index contributed by atoms with van der Waals surface area (Å²) in [5, 5.41) is 23.3. The fourth-order valence-electron chi connectivity index (χ4n) is 11.3. The van der Waals surface area contributed by atoms with E-state index < -0.39 is 12.1 Å². The molecule has 0 radical (unpaired) electrons. The smallest absolute Gasteiger partial charge is 0.305 e. The number of carbonyl (C=O) groups is 2. The van der Waals surface area contributed by atoms with E-state index in [0.29, 0.717) is 25.9 Å². The lowest BCUT2D eigenvalue weighted by Crippen LogP contribution is -2.45. The summed E-state index contributed by atoms with van der Waals surface area (Å²) in [6.07, 6.45) is 85.2. The van der Waals surface area contributed by atoms with Gasteiger partial charge in [0, 0.05) is 12.8 Å². The number of aliphatic hydroxyl groups excluding tert-OH is 2. The van der Waals surface area contributed by atoms with Crippen LogP contribution in [0, 0.1) is 0 Å². The Morgan fingerprint density at radius 2 is 0.641 bits per heavy atom. The molecule has 0 aliphatic heterocycles. The largest absolute Gasteiger partial charge is 0.466 e. The Hall–Kier alpha value is -1.66. The van der Waals surface area contributed by atoms with Crippen LogP contribution in [0.25, 0.3) is 0 Å². The van der Waals surface area contributed by atoms with E-state index >= 15 is 0 Å². The van der Waals surface area contributed by atoms with E-state index in [4.69, 9.17) is 4.74 Å². The van der Waals surface area contributed by atoms with Crippen LogP contribution < -0.4 is 5.32 Å². The van der Waals surface area contributed by atoms with Crippen LogP contribution in [0.3, 0.4) is 0 Å². The first kappa shape index (κ1) is 76.3. The van der Waals surface area contributed by atoms with Gasteiger partial charge < -0.3 is 20.3 Å². The number of rotatable bonds is 67. The quantitative estimate of drug-likeness (QED) is 0.0320. The summed E-state index contributed by atoms with van der Waals surface area (Å²) >= 11 is 0. The molecule has 0 aliphatic rings. The van der Waals surface area contributed by atoms with E-state index in [0.717, 1.165) is 51.4 Å². The molecular weight excluding hydrogens is 959 g/mol. The highest BCUT2D eigenvalue weighted by Crippen LogP contribution is 2.19. The lowest BCUT2D eigenvalue weighted by Gasteiger charge is -2.22. The molecule has 462 valence electrons. The highest BCUT2D eigenvalue weighted by atomic mass is 16.5. The minimum atomic E-state index is -0.661. The van der Waals surface area contributed by atoms with Crippen molar-refractivity contribution in [3.63, 3.8) is 0 Å². The van der Waals surface area contributed by atoms with E-state index in [2.05, 4.69) is 43.5 Å². The first-order valence-corrected chi connectivity index (χ1v) is 35.6. The summed E-state index contributed by atoms with van der Waals surface area (Å²) < 4.78 is 5.50. The third-order valence-electron chi connectivity index (χ3n) is 16.8. The molecule has 0 saturated carbocycles. The molecule has 0 spiro atoms. The van der Waals surface area contributed by atoms with Gasteiger partial charge in [0.1, 0.15) is 0 Å². The van der Waals surface area contributed by atoms with E-state index in [1.54, 1.807) is 0 Å². The Labute approximate surface area is 488 Å². The SMILES string of the molecule is CCCCC/C=C\C/C=C\CCCCCCCCCC(=O)OCCCCCCCCCCCCCCCCCCCCCCCCCCCCCCCC(=O)NC(CO)C(O)CCCCCCCCCCCCCCCCC. The number of esters is 1. The molecule has 6 heteroatoms. The van der Waals surface area contributed by atoms with E-state index in [1.165, 1.54) is 315 Å². The molecule has 0 bridgehead atoms. The van der Waals surface area contributed by atoms with E-state index in [9.17, 15) is 19.8 Å². The summed E-state index contributed by atoms with van der Waals surface area (Å²) in [7, 11) is 0. The van der Waals surface area contributed by atoms with Gasteiger partial charge in [0.2, 0.25) is 5.91 Å². The van der Waals surface area contributed by atoms with Crippen molar-refractivity contribution in [3.8, 4) is 0 Å². The Morgan fingerprint density at radius 3 is 1.00 bits per heavy atom. The summed E-state index contributed by atoms with van der Waals surface area (Å²) in [6, 6.07) is -0.538.